The topological polar surface area (TPSA) is 55.2 Å². The van der Waals surface area contributed by atoms with Crippen LogP contribution in [0.5, 0.6) is 0 Å². The van der Waals surface area contributed by atoms with E-state index in [-0.39, 0.29) is 21.1 Å². The Balaban J connectivity index is 3.03. The second kappa shape index (κ2) is 7.13. The molecule has 0 aliphatic rings. The second-order valence-corrected chi connectivity index (χ2v) is 6.17. The lowest BCUT2D eigenvalue weighted by Gasteiger charge is -2.30. The Morgan fingerprint density at radius 3 is 2.50 bits per heavy atom. The molecular weight excluding hydrogens is 303 g/mol. The average Bonchev–Trinajstić information content (AvgIpc) is 2.44. The van der Waals surface area contributed by atoms with E-state index < -0.39 is 10.7 Å². The minimum absolute atomic E-state index is 0.0238. The predicted octanol–water partition coefficient (Wildman–Crippen LogP) is 4.72. The van der Waals surface area contributed by atoms with Gasteiger partial charge in [-0.2, -0.15) is 11.8 Å². The molecule has 0 radical (unpaired) electrons. The predicted molar refractivity (Wildman–Crippen MR) is 83.4 cm³/mol. The summed E-state index contributed by atoms with van der Waals surface area (Å²) in [7, 11) is 0. The van der Waals surface area contributed by atoms with Gasteiger partial charge in [0.05, 0.1) is 9.95 Å². The first-order chi connectivity index (χ1) is 9.39. The van der Waals surface area contributed by atoms with Crippen molar-refractivity contribution in [3.63, 3.8) is 0 Å². The van der Waals surface area contributed by atoms with Crippen LogP contribution in [0.15, 0.2) is 12.1 Å². The number of nitrogens with zero attached hydrogens (tertiary/aromatic N) is 1. The van der Waals surface area contributed by atoms with Gasteiger partial charge in [0.25, 0.3) is 5.69 Å². The molecule has 0 aliphatic heterocycles. The summed E-state index contributed by atoms with van der Waals surface area (Å²) >= 11 is 7.30. The first kappa shape index (κ1) is 17.0. The van der Waals surface area contributed by atoms with Gasteiger partial charge >= 0.3 is 0 Å². The molecule has 20 heavy (non-hydrogen) atoms. The highest BCUT2D eigenvalue weighted by molar-refractivity contribution is 8.00. The van der Waals surface area contributed by atoms with E-state index >= 15 is 0 Å². The van der Waals surface area contributed by atoms with Crippen molar-refractivity contribution < 1.29 is 9.31 Å². The van der Waals surface area contributed by atoms with Crippen LogP contribution in [0.2, 0.25) is 5.02 Å². The van der Waals surface area contributed by atoms with Crippen LogP contribution in [0.4, 0.5) is 15.8 Å². The summed E-state index contributed by atoms with van der Waals surface area (Å²) in [6.45, 7) is 4.67. The van der Waals surface area contributed by atoms with E-state index in [0.29, 0.717) is 6.54 Å². The Bertz CT molecular complexity index is 487. The molecule has 0 saturated heterocycles. The van der Waals surface area contributed by atoms with E-state index in [4.69, 9.17) is 11.6 Å². The van der Waals surface area contributed by atoms with Gasteiger partial charge in [0.2, 0.25) is 0 Å². The maximum atomic E-state index is 13.5. The maximum absolute atomic E-state index is 13.5. The summed E-state index contributed by atoms with van der Waals surface area (Å²) in [5, 5.41) is 13.7. The third-order valence-electron chi connectivity index (χ3n) is 3.56. The van der Waals surface area contributed by atoms with Gasteiger partial charge in [0, 0.05) is 23.4 Å². The maximum Gasteiger partial charge on any atom is 0.294 e. The van der Waals surface area contributed by atoms with Crippen molar-refractivity contribution >= 4 is 34.7 Å². The second-order valence-electron chi connectivity index (χ2n) is 4.49. The minimum atomic E-state index is -0.664. The number of hydrogen-bond acceptors (Lipinski definition) is 4. The van der Waals surface area contributed by atoms with Crippen LogP contribution in [0, 0.1) is 15.9 Å². The molecule has 0 spiro atoms. The first-order valence-corrected chi connectivity index (χ1v) is 7.91. The lowest BCUT2D eigenvalue weighted by molar-refractivity contribution is -0.384. The summed E-state index contributed by atoms with van der Waals surface area (Å²) in [5.74, 6) is -0.664. The van der Waals surface area contributed by atoms with Gasteiger partial charge in [-0.3, -0.25) is 10.1 Å². The number of halogens is 2. The van der Waals surface area contributed by atoms with E-state index in [1.54, 1.807) is 11.8 Å². The van der Waals surface area contributed by atoms with Crippen molar-refractivity contribution in [2.45, 2.75) is 31.4 Å². The van der Waals surface area contributed by atoms with Crippen molar-refractivity contribution in [1.82, 2.24) is 0 Å². The van der Waals surface area contributed by atoms with Crippen LogP contribution in [-0.2, 0) is 0 Å². The highest BCUT2D eigenvalue weighted by Crippen LogP contribution is 2.34. The molecule has 0 atom stereocenters. The minimum Gasteiger partial charge on any atom is -0.378 e. The standard InChI is InChI=1S/C13H18ClFN2O2S/c1-4-13(5-2,20-3)8-16-11-7-10(15)9(14)6-12(11)17(18)19/h6-7,16H,4-5,8H2,1-3H3. The third kappa shape index (κ3) is 3.76. The van der Waals surface area contributed by atoms with Crippen LogP contribution >= 0.6 is 23.4 Å². The molecule has 0 saturated carbocycles. The van der Waals surface area contributed by atoms with Crippen LogP contribution in [0.1, 0.15) is 26.7 Å². The van der Waals surface area contributed by atoms with Gasteiger partial charge in [-0.25, -0.2) is 4.39 Å². The molecule has 112 valence electrons. The van der Waals surface area contributed by atoms with E-state index in [9.17, 15) is 14.5 Å². The van der Waals surface area contributed by atoms with Gasteiger partial charge in [-0.05, 0) is 19.1 Å². The quantitative estimate of drug-likeness (QED) is 0.583. The van der Waals surface area contributed by atoms with Crippen molar-refractivity contribution in [2.75, 3.05) is 18.1 Å². The van der Waals surface area contributed by atoms with Gasteiger partial charge in [-0.15, -0.1) is 0 Å². The van der Waals surface area contributed by atoms with Crippen LogP contribution in [-0.4, -0.2) is 22.5 Å². The Morgan fingerprint density at radius 1 is 1.45 bits per heavy atom. The highest BCUT2D eigenvalue weighted by Gasteiger charge is 2.26. The van der Waals surface area contributed by atoms with E-state index in [2.05, 4.69) is 19.2 Å². The smallest absolute Gasteiger partial charge is 0.294 e. The van der Waals surface area contributed by atoms with Gasteiger partial charge in [0.15, 0.2) is 0 Å². The van der Waals surface area contributed by atoms with Crippen LogP contribution < -0.4 is 5.32 Å². The molecule has 0 aromatic heterocycles. The molecule has 0 heterocycles. The number of anilines is 1. The van der Waals surface area contributed by atoms with Crippen molar-refractivity contribution in [3.05, 3.63) is 33.1 Å². The SMILES string of the molecule is CCC(CC)(CNc1cc(F)c(Cl)cc1[N+](=O)[O-])SC. The molecule has 0 unspecified atom stereocenters. The normalized spacial score (nSPS) is 11.4. The fourth-order valence-electron chi connectivity index (χ4n) is 1.95. The molecule has 1 aromatic rings. The molecule has 7 heteroatoms. The summed E-state index contributed by atoms with van der Waals surface area (Å²) in [4.78, 5) is 10.4. The number of benzene rings is 1. The third-order valence-corrected chi connectivity index (χ3v) is 5.44. The Morgan fingerprint density at radius 2 is 2.05 bits per heavy atom. The fraction of sp³-hybridized carbons (Fsp3) is 0.538. The molecule has 1 N–H and O–H groups in total. The van der Waals surface area contributed by atoms with E-state index in [0.717, 1.165) is 25.0 Å². The van der Waals surface area contributed by atoms with E-state index in [1.807, 2.05) is 6.26 Å². The lowest BCUT2D eigenvalue weighted by atomic mass is 10.0. The molecule has 0 aliphatic carbocycles. The zero-order chi connectivity index (χ0) is 15.3. The molecular formula is C13H18ClFN2O2S. The highest BCUT2D eigenvalue weighted by atomic mass is 35.5. The van der Waals surface area contributed by atoms with Crippen LogP contribution in [0.25, 0.3) is 0 Å². The van der Waals surface area contributed by atoms with E-state index in [1.165, 1.54) is 0 Å². The molecule has 1 aromatic carbocycles. The summed E-state index contributed by atoms with van der Waals surface area (Å²) < 4.78 is 13.5. The zero-order valence-electron chi connectivity index (χ0n) is 11.7. The molecule has 0 amide bonds. The van der Waals surface area contributed by atoms with Crippen LogP contribution in [0.3, 0.4) is 0 Å². The Kier molecular flexibility index (Phi) is 6.07. The summed E-state index contributed by atoms with van der Waals surface area (Å²) in [5.41, 5.74) is -0.0455. The monoisotopic (exact) mass is 320 g/mol. The number of rotatable bonds is 7. The Labute approximate surface area is 127 Å². The number of nitro groups is 1. The van der Waals surface area contributed by atoms with Crippen molar-refractivity contribution in [3.8, 4) is 0 Å². The summed E-state index contributed by atoms with van der Waals surface area (Å²) in [6, 6.07) is 2.12. The average molecular weight is 321 g/mol. The number of thioether (sulfide) groups is 1. The zero-order valence-corrected chi connectivity index (χ0v) is 13.3. The lowest BCUT2D eigenvalue weighted by Crippen LogP contribution is -2.32. The summed E-state index contributed by atoms with van der Waals surface area (Å²) in [6.07, 6.45) is 3.84. The number of hydrogen-bond donors (Lipinski definition) is 1. The first-order valence-electron chi connectivity index (χ1n) is 6.31. The fourth-order valence-corrected chi connectivity index (χ4v) is 2.90. The van der Waals surface area contributed by atoms with Crippen molar-refractivity contribution in [1.29, 1.82) is 0 Å². The molecule has 0 fully saturated rings. The van der Waals surface area contributed by atoms with Gasteiger partial charge in [-0.1, -0.05) is 25.4 Å². The molecule has 0 bridgehead atoms. The largest absolute Gasteiger partial charge is 0.378 e. The Hall–Kier alpha value is -1.01. The molecule has 4 nitrogen and oxygen atoms in total. The molecule has 1 rings (SSSR count). The number of nitro benzene ring substituents is 1. The van der Waals surface area contributed by atoms with Gasteiger partial charge in [0.1, 0.15) is 11.5 Å². The van der Waals surface area contributed by atoms with Crippen molar-refractivity contribution in [2.24, 2.45) is 0 Å². The van der Waals surface area contributed by atoms with Gasteiger partial charge < -0.3 is 5.32 Å². The number of nitrogens with one attached hydrogen (secondary N) is 1.